The highest BCUT2D eigenvalue weighted by molar-refractivity contribution is 5.71. The molecule has 2 aliphatic carbocycles. The van der Waals surface area contributed by atoms with Crippen LogP contribution in [0.5, 0.6) is 0 Å². The number of esters is 1. The molecule has 0 aromatic heterocycles. The van der Waals surface area contributed by atoms with Crippen LogP contribution in [-0.2, 0) is 33.2 Å². The van der Waals surface area contributed by atoms with Crippen molar-refractivity contribution in [2.75, 3.05) is 13.2 Å². The van der Waals surface area contributed by atoms with E-state index >= 15 is 0 Å². The Balaban J connectivity index is 1.28. The van der Waals surface area contributed by atoms with Gasteiger partial charge in [0.15, 0.2) is 17.2 Å². The Morgan fingerprint density at radius 1 is 0.857 bits per heavy atom. The predicted molar refractivity (Wildman–Crippen MR) is 95.4 cm³/mol. The molecular formula is C21H30O7. The molecule has 0 radical (unpaired) electrons. The van der Waals surface area contributed by atoms with Crippen LogP contribution in [0.1, 0.15) is 70.6 Å². The van der Waals surface area contributed by atoms with Crippen LogP contribution >= 0.6 is 0 Å². The zero-order valence-corrected chi connectivity index (χ0v) is 16.4. The lowest BCUT2D eigenvalue weighted by Crippen LogP contribution is -2.55. The molecule has 4 heterocycles. The number of carbonyl (C=O) groups excluding carboxylic acids is 1. The Bertz CT molecular complexity index is 639. The molecule has 0 aromatic rings. The summed E-state index contributed by atoms with van der Waals surface area (Å²) in [6, 6.07) is 0. The molecule has 7 nitrogen and oxygen atoms in total. The van der Waals surface area contributed by atoms with Gasteiger partial charge >= 0.3 is 5.97 Å². The fraction of sp³-hybridized carbons (Fsp3) is 0.952. The lowest BCUT2D eigenvalue weighted by Gasteiger charge is -2.38. The Morgan fingerprint density at radius 3 is 2.32 bits per heavy atom. The minimum atomic E-state index is -0.707. The second kappa shape index (κ2) is 6.38. The van der Waals surface area contributed by atoms with Gasteiger partial charge in [-0.05, 0) is 25.7 Å². The molecule has 4 aliphatic heterocycles. The first kappa shape index (κ1) is 18.1. The molecule has 6 rings (SSSR count). The summed E-state index contributed by atoms with van der Waals surface area (Å²) in [6.45, 7) is 0.716. The van der Waals surface area contributed by atoms with Crippen molar-refractivity contribution in [1.82, 2.24) is 0 Å². The number of hydrogen-bond acceptors (Lipinski definition) is 7. The molecular weight excluding hydrogens is 364 g/mol. The van der Waals surface area contributed by atoms with Crippen LogP contribution in [0.25, 0.3) is 0 Å². The fourth-order valence-corrected chi connectivity index (χ4v) is 6.24. The van der Waals surface area contributed by atoms with Gasteiger partial charge in [0.05, 0.1) is 13.0 Å². The van der Waals surface area contributed by atoms with E-state index in [2.05, 4.69) is 0 Å². The molecule has 0 aromatic carbocycles. The van der Waals surface area contributed by atoms with Gasteiger partial charge in [0.25, 0.3) is 0 Å². The van der Waals surface area contributed by atoms with Gasteiger partial charge in [-0.1, -0.05) is 12.8 Å². The minimum Gasteiger partial charge on any atom is -0.462 e. The van der Waals surface area contributed by atoms with E-state index in [0.29, 0.717) is 6.61 Å². The Morgan fingerprint density at radius 2 is 1.57 bits per heavy atom. The van der Waals surface area contributed by atoms with Crippen molar-refractivity contribution >= 4 is 5.97 Å². The van der Waals surface area contributed by atoms with Crippen molar-refractivity contribution in [3.8, 4) is 0 Å². The normalized spacial score (nSPS) is 46.5. The summed E-state index contributed by atoms with van der Waals surface area (Å²) < 4.78 is 37.8. The van der Waals surface area contributed by atoms with Crippen molar-refractivity contribution in [3.63, 3.8) is 0 Å². The van der Waals surface area contributed by atoms with Crippen LogP contribution in [0.2, 0.25) is 0 Å². The summed E-state index contributed by atoms with van der Waals surface area (Å²) in [5.41, 5.74) is -0.707. The summed E-state index contributed by atoms with van der Waals surface area (Å²) in [6.07, 6.45) is 9.72. The third-order valence-electron chi connectivity index (χ3n) is 7.65. The van der Waals surface area contributed by atoms with E-state index in [-0.39, 0.29) is 43.4 Å². The van der Waals surface area contributed by atoms with E-state index in [4.69, 9.17) is 28.4 Å². The maximum atomic E-state index is 12.0. The highest BCUT2D eigenvalue weighted by Crippen LogP contribution is 2.55. The average Bonchev–Trinajstić information content (AvgIpc) is 3.32. The maximum absolute atomic E-state index is 12.0. The van der Waals surface area contributed by atoms with E-state index in [1.807, 2.05) is 0 Å². The Labute approximate surface area is 165 Å². The van der Waals surface area contributed by atoms with E-state index in [0.717, 1.165) is 51.4 Å². The number of carbonyl (C=O) groups is 1. The lowest BCUT2D eigenvalue weighted by molar-refractivity contribution is -0.260. The van der Waals surface area contributed by atoms with Gasteiger partial charge in [-0.25, -0.2) is 0 Å². The van der Waals surface area contributed by atoms with Crippen molar-refractivity contribution in [2.45, 2.75) is 112 Å². The van der Waals surface area contributed by atoms with E-state index in [9.17, 15) is 4.79 Å². The van der Waals surface area contributed by atoms with Crippen LogP contribution in [0.3, 0.4) is 0 Å². The van der Waals surface area contributed by atoms with Crippen LogP contribution in [0.15, 0.2) is 0 Å². The number of hydrogen-bond donors (Lipinski definition) is 0. The molecule has 28 heavy (non-hydrogen) atoms. The standard InChI is InChI=1S/C21H30O7/c22-16-11-15-21(13-23-16)18(27-20(28-21)9-5-2-6-10-20)17(25-15)14-12-24-19(26-14)7-3-1-4-8-19/h14-15,17-18H,1-13H2/t14?,15-,17-,18?,21-/m0/s1. The SMILES string of the molecule is O=C1C[C@@H]2O[C@@H](C3COC4(CCCCC4)O3)C3OC4(CCCCC4)O[C@]32CO1. The van der Waals surface area contributed by atoms with Crippen molar-refractivity contribution in [3.05, 3.63) is 0 Å². The minimum absolute atomic E-state index is 0.192. The third kappa shape index (κ3) is 2.63. The molecule has 6 aliphatic rings. The van der Waals surface area contributed by atoms with E-state index in [1.165, 1.54) is 12.8 Å². The molecule has 6 fully saturated rings. The number of cyclic esters (lactones) is 1. The number of ether oxygens (including phenoxy) is 6. The molecule has 2 unspecified atom stereocenters. The first-order valence-electron chi connectivity index (χ1n) is 11.1. The summed E-state index contributed by atoms with van der Waals surface area (Å²) in [5.74, 6) is -1.24. The third-order valence-corrected chi connectivity index (χ3v) is 7.65. The van der Waals surface area contributed by atoms with Gasteiger partial charge in [-0.2, -0.15) is 0 Å². The molecule has 2 saturated carbocycles. The highest BCUT2D eigenvalue weighted by Gasteiger charge is 2.71. The largest absolute Gasteiger partial charge is 0.462 e. The van der Waals surface area contributed by atoms with Crippen LogP contribution in [-0.4, -0.2) is 60.8 Å². The second-order valence-electron chi connectivity index (χ2n) is 9.46. The van der Waals surface area contributed by atoms with Crippen LogP contribution in [0, 0.1) is 0 Å². The summed E-state index contributed by atoms with van der Waals surface area (Å²) >= 11 is 0. The molecule has 3 spiro atoms. The molecule has 156 valence electrons. The first-order chi connectivity index (χ1) is 13.6. The monoisotopic (exact) mass is 394 g/mol. The van der Waals surface area contributed by atoms with Gasteiger partial charge in [0, 0.05) is 25.7 Å². The summed E-state index contributed by atoms with van der Waals surface area (Å²) in [5, 5.41) is 0. The average molecular weight is 394 g/mol. The lowest BCUT2D eigenvalue weighted by atomic mass is 9.87. The zero-order valence-electron chi connectivity index (χ0n) is 16.4. The van der Waals surface area contributed by atoms with Crippen molar-refractivity contribution in [2.24, 2.45) is 0 Å². The summed E-state index contributed by atoms with van der Waals surface area (Å²) in [7, 11) is 0. The Hall–Kier alpha value is -0.730. The van der Waals surface area contributed by atoms with Gasteiger partial charge < -0.3 is 28.4 Å². The Kier molecular flexibility index (Phi) is 4.12. The van der Waals surface area contributed by atoms with Gasteiger partial charge in [0.2, 0.25) is 0 Å². The highest BCUT2D eigenvalue weighted by atomic mass is 16.8. The van der Waals surface area contributed by atoms with Crippen LogP contribution in [0.4, 0.5) is 0 Å². The quantitative estimate of drug-likeness (QED) is 0.633. The van der Waals surface area contributed by atoms with Gasteiger partial charge in [0.1, 0.15) is 31.0 Å². The number of rotatable bonds is 1. The molecule has 5 atom stereocenters. The fourth-order valence-electron chi connectivity index (χ4n) is 6.24. The first-order valence-corrected chi connectivity index (χ1v) is 11.1. The molecule has 4 saturated heterocycles. The van der Waals surface area contributed by atoms with Crippen molar-refractivity contribution < 1.29 is 33.2 Å². The topological polar surface area (TPSA) is 72.5 Å². The van der Waals surface area contributed by atoms with E-state index in [1.54, 1.807) is 0 Å². The van der Waals surface area contributed by atoms with Gasteiger partial charge in [-0.15, -0.1) is 0 Å². The smallest absolute Gasteiger partial charge is 0.308 e. The van der Waals surface area contributed by atoms with Gasteiger partial charge in [-0.3, -0.25) is 4.79 Å². The van der Waals surface area contributed by atoms with Crippen molar-refractivity contribution in [1.29, 1.82) is 0 Å². The zero-order chi connectivity index (χ0) is 18.8. The summed E-state index contributed by atoms with van der Waals surface area (Å²) in [4.78, 5) is 12.0. The predicted octanol–water partition coefficient (Wildman–Crippen LogP) is 2.59. The molecule has 0 N–H and O–H groups in total. The molecule has 0 bridgehead atoms. The molecule has 7 heteroatoms. The van der Waals surface area contributed by atoms with Crippen LogP contribution < -0.4 is 0 Å². The maximum Gasteiger partial charge on any atom is 0.308 e. The van der Waals surface area contributed by atoms with E-state index < -0.39 is 17.2 Å². The molecule has 0 amide bonds. The second-order valence-corrected chi connectivity index (χ2v) is 9.46.